The van der Waals surface area contributed by atoms with Crippen LogP contribution in [0.15, 0.2) is 24.3 Å². The molecule has 2 rings (SSSR count). The average Bonchev–Trinajstić information content (AvgIpc) is 2.62. The van der Waals surface area contributed by atoms with Gasteiger partial charge in [-0.15, -0.1) is 0 Å². The van der Waals surface area contributed by atoms with Crippen molar-refractivity contribution in [3.63, 3.8) is 0 Å². The van der Waals surface area contributed by atoms with Gasteiger partial charge in [-0.2, -0.15) is 5.10 Å². The van der Waals surface area contributed by atoms with Crippen molar-refractivity contribution >= 4 is 11.7 Å². The van der Waals surface area contributed by atoms with Gasteiger partial charge in [-0.1, -0.05) is 12.1 Å². The molecule has 1 aromatic carbocycles. The molecule has 0 unspecified atom stereocenters. The molecule has 0 radical (unpaired) electrons. The summed E-state index contributed by atoms with van der Waals surface area (Å²) in [7, 11) is 1.64. The molecule has 0 spiro atoms. The van der Waals surface area contributed by atoms with Crippen LogP contribution >= 0.6 is 0 Å². The number of esters is 1. The largest absolute Gasteiger partial charge is 0.508 e. The maximum absolute atomic E-state index is 11.9. The Kier molecular flexibility index (Phi) is 3.41. The Bertz CT molecular complexity index is 602. The Labute approximate surface area is 110 Å². The molecule has 0 aliphatic carbocycles. The van der Waals surface area contributed by atoms with Crippen molar-refractivity contribution < 1.29 is 14.6 Å². The highest BCUT2D eigenvalue weighted by atomic mass is 16.5. The zero-order valence-corrected chi connectivity index (χ0v) is 10.8. The molecular formula is C13H15N3O3. The molecule has 0 saturated carbocycles. The lowest BCUT2D eigenvalue weighted by molar-refractivity contribution is 0.0461. The van der Waals surface area contributed by atoms with Gasteiger partial charge >= 0.3 is 5.97 Å². The monoisotopic (exact) mass is 261 g/mol. The number of carbonyl (C=O) groups excluding carboxylic acids is 1. The molecule has 100 valence electrons. The van der Waals surface area contributed by atoms with Crippen LogP contribution in [-0.2, 0) is 18.4 Å². The maximum atomic E-state index is 11.9. The lowest BCUT2D eigenvalue weighted by Crippen LogP contribution is -2.12. The summed E-state index contributed by atoms with van der Waals surface area (Å²) in [6.07, 6.45) is 0. The lowest BCUT2D eigenvalue weighted by Gasteiger charge is -2.06. The van der Waals surface area contributed by atoms with Crippen molar-refractivity contribution in [1.82, 2.24) is 9.78 Å². The van der Waals surface area contributed by atoms with Crippen LogP contribution in [0, 0.1) is 6.92 Å². The molecule has 6 heteroatoms. The van der Waals surface area contributed by atoms with Crippen molar-refractivity contribution in [2.75, 3.05) is 5.73 Å². The maximum Gasteiger partial charge on any atom is 0.359 e. The molecule has 2 aromatic rings. The Hall–Kier alpha value is -2.50. The third-order valence-electron chi connectivity index (χ3n) is 2.77. The first-order chi connectivity index (χ1) is 8.99. The first kappa shape index (κ1) is 12.9. The van der Waals surface area contributed by atoms with E-state index in [1.165, 1.54) is 16.8 Å². The quantitative estimate of drug-likeness (QED) is 0.814. The highest BCUT2D eigenvalue weighted by Gasteiger charge is 2.19. The minimum Gasteiger partial charge on any atom is -0.508 e. The van der Waals surface area contributed by atoms with E-state index in [4.69, 9.17) is 15.6 Å². The van der Waals surface area contributed by atoms with E-state index in [0.717, 1.165) is 5.56 Å². The molecule has 1 heterocycles. The molecule has 0 amide bonds. The van der Waals surface area contributed by atoms with Gasteiger partial charge < -0.3 is 15.6 Å². The minimum absolute atomic E-state index is 0.114. The predicted octanol–water partition coefficient (Wildman–Crippen LogP) is 1.37. The number of aryl methyl sites for hydroxylation is 2. The molecule has 0 fully saturated rings. The second-order valence-corrected chi connectivity index (χ2v) is 4.21. The van der Waals surface area contributed by atoms with Crippen LogP contribution in [0.25, 0.3) is 0 Å². The third-order valence-corrected chi connectivity index (χ3v) is 2.77. The molecular weight excluding hydrogens is 246 g/mol. The van der Waals surface area contributed by atoms with E-state index in [0.29, 0.717) is 11.4 Å². The van der Waals surface area contributed by atoms with Gasteiger partial charge in [0.05, 0.1) is 11.4 Å². The molecule has 0 saturated heterocycles. The van der Waals surface area contributed by atoms with Crippen LogP contribution in [0.1, 0.15) is 21.7 Å². The highest BCUT2D eigenvalue weighted by molar-refractivity contribution is 5.93. The van der Waals surface area contributed by atoms with Crippen LogP contribution in [0.2, 0.25) is 0 Å². The molecule has 1 aromatic heterocycles. The second kappa shape index (κ2) is 5.01. The van der Waals surface area contributed by atoms with E-state index < -0.39 is 5.97 Å². The van der Waals surface area contributed by atoms with E-state index in [1.807, 2.05) is 0 Å². The number of phenolic OH excluding ortho intramolecular Hbond substituents is 1. The Balaban J connectivity index is 2.07. The molecule has 6 nitrogen and oxygen atoms in total. The predicted molar refractivity (Wildman–Crippen MR) is 69.6 cm³/mol. The number of aromatic nitrogens is 2. The van der Waals surface area contributed by atoms with Crippen LogP contribution in [-0.4, -0.2) is 20.9 Å². The van der Waals surface area contributed by atoms with Gasteiger partial charge in [0, 0.05) is 7.05 Å². The molecule has 0 bridgehead atoms. The number of benzene rings is 1. The standard InChI is InChI=1S/C13H15N3O3/c1-8-11(14)12(16(2)15-8)13(18)19-7-9-3-5-10(17)6-4-9/h3-6,17H,7,14H2,1-2H3. The van der Waals surface area contributed by atoms with Crippen molar-refractivity contribution in [2.45, 2.75) is 13.5 Å². The van der Waals surface area contributed by atoms with Crippen molar-refractivity contribution in [3.8, 4) is 5.75 Å². The summed E-state index contributed by atoms with van der Waals surface area (Å²) >= 11 is 0. The third kappa shape index (κ3) is 2.67. The summed E-state index contributed by atoms with van der Waals surface area (Å²) in [6.45, 7) is 1.84. The van der Waals surface area contributed by atoms with E-state index in [2.05, 4.69) is 5.10 Å². The van der Waals surface area contributed by atoms with Gasteiger partial charge in [-0.05, 0) is 24.6 Å². The zero-order valence-electron chi connectivity index (χ0n) is 10.8. The summed E-state index contributed by atoms with van der Waals surface area (Å²) < 4.78 is 6.57. The first-order valence-electron chi connectivity index (χ1n) is 5.73. The van der Waals surface area contributed by atoms with Crippen LogP contribution < -0.4 is 5.73 Å². The number of nitrogens with two attached hydrogens (primary N) is 1. The number of aromatic hydroxyl groups is 1. The van der Waals surface area contributed by atoms with E-state index in [-0.39, 0.29) is 18.1 Å². The van der Waals surface area contributed by atoms with Gasteiger partial charge in [-0.3, -0.25) is 4.68 Å². The van der Waals surface area contributed by atoms with Crippen LogP contribution in [0.5, 0.6) is 5.75 Å². The van der Waals surface area contributed by atoms with Gasteiger partial charge in [0.1, 0.15) is 12.4 Å². The zero-order chi connectivity index (χ0) is 14.0. The lowest BCUT2D eigenvalue weighted by atomic mass is 10.2. The Morgan fingerprint density at radius 2 is 2.05 bits per heavy atom. The van der Waals surface area contributed by atoms with E-state index in [1.54, 1.807) is 26.1 Å². The number of hydrogen-bond acceptors (Lipinski definition) is 5. The van der Waals surface area contributed by atoms with Gasteiger partial charge in [0.2, 0.25) is 0 Å². The smallest absolute Gasteiger partial charge is 0.359 e. The fourth-order valence-corrected chi connectivity index (χ4v) is 1.73. The average molecular weight is 261 g/mol. The summed E-state index contributed by atoms with van der Waals surface area (Å²) in [4.78, 5) is 11.9. The van der Waals surface area contributed by atoms with Crippen molar-refractivity contribution in [1.29, 1.82) is 0 Å². The molecule has 19 heavy (non-hydrogen) atoms. The fourth-order valence-electron chi connectivity index (χ4n) is 1.73. The minimum atomic E-state index is -0.520. The number of rotatable bonds is 3. The number of ether oxygens (including phenoxy) is 1. The number of nitrogen functional groups attached to an aromatic ring is 1. The molecule has 0 atom stereocenters. The van der Waals surface area contributed by atoms with Crippen molar-refractivity contribution in [3.05, 3.63) is 41.2 Å². The first-order valence-corrected chi connectivity index (χ1v) is 5.73. The topological polar surface area (TPSA) is 90.4 Å². The summed E-state index contributed by atoms with van der Waals surface area (Å²) in [5.41, 5.74) is 7.73. The van der Waals surface area contributed by atoms with E-state index >= 15 is 0 Å². The van der Waals surface area contributed by atoms with E-state index in [9.17, 15) is 4.79 Å². The number of anilines is 1. The Morgan fingerprint density at radius 1 is 1.42 bits per heavy atom. The van der Waals surface area contributed by atoms with Gasteiger partial charge in [0.15, 0.2) is 5.69 Å². The normalized spacial score (nSPS) is 10.4. The molecule has 0 aliphatic rings. The molecule has 3 N–H and O–H groups in total. The van der Waals surface area contributed by atoms with Gasteiger partial charge in [-0.25, -0.2) is 4.79 Å². The number of nitrogens with zero attached hydrogens (tertiary/aromatic N) is 2. The molecule has 0 aliphatic heterocycles. The SMILES string of the molecule is Cc1nn(C)c(C(=O)OCc2ccc(O)cc2)c1N. The summed E-state index contributed by atoms with van der Waals surface area (Å²) in [5.74, 6) is -0.352. The number of hydrogen-bond donors (Lipinski definition) is 2. The second-order valence-electron chi connectivity index (χ2n) is 4.21. The highest BCUT2D eigenvalue weighted by Crippen LogP contribution is 2.17. The summed E-state index contributed by atoms with van der Waals surface area (Å²) in [5, 5.41) is 13.2. The summed E-state index contributed by atoms with van der Waals surface area (Å²) in [6, 6.07) is 6.43. The number of carbonyl (C=O) groups is 1. The van der Waals surface area contributed by atoms with Gasteiger partial charge in [0.25, 0.3) is 0 Å². The van der Waals surface area contributed by atoms with Crippen LogP contribution in [0.3, 0.4) is 0 Å². The number of phenols is 1. The van der Waals surface area contributed by atoms with Crippen molar-refractivity contribution in [2.24, 2.45) is 7.05 Å². The Morgan fingerprint density at radius 3 is 2.58 bits per heavy atom. The fraction of sp³-hybridized carbons (Fsp3) is 0.231. The van der Waals surface area contributed by atoms with Crippen LogP contribution in [0.4, 0.5) is 5.69 Å².